The van der Waals surface area contributed by atoms with Crippen LogP contribution >= 0.6 is 11.8 Å². The van der Waals surface area contributed by atoms with Gasteiger partial charge in [0.2, 0.25) is 0 Å². The van der Waals surface area contributed by atoms with E-state index in [1.165, 1.54) is 22.9 Å². The number of aliphatic hydroxyl groups excluding tert-OH is 1. The number of alkyl halides is 1. The Morgan fingerprint density at radius 3 is 2.04 bits per heavy atom. The summed E-state index contributed by atoms with van der Waals surface area (Å²) in [5.74, 6) is 0. The van der Waals surface area contributed by atoms with E-state index in [4.69, 9.17) is 9.47 Å². The van der Waals surface area contributed by atoms with Crippen LogP contribution in [0.4, 0.5) is 4.39 Å². The minimum Gasteiger partial charge on any atom is -0.379 e. The summed E-state index contributed by atoms with van der Waals surface area (Å²) in [5.41, 5.74) is 3.38. The van der Waals surface area contributed by atoms with Crippen molar-refractivity contribution in [1.82, 2.24) is 0 Å². The van der Waals surface area contributed by atoms with Crippen LogP contribution in [0.3, 0.4) is 0 Å². The molecule has 0 bridgehead atoms. The molecule has 0 saturated carbocycles. The fraction of sp³-hybridized carbons (Fsp3) is 0.429. The Labute approximate surface area is 158 Å². The smallest absolute Gasteiger partial charge is 0.162 e. The van der Waals surface area contributed by atoms with Gasteiger partial charge in [-0.15, -0.1) is 11.8 Å². The van der Waals surface area contributed by atoms with Gasteiger partial charge in [-0.2, -0.15) is 0 Å². The fourth-order valence-corrected chi connectivity index (χ4v) is 4.11. The van der Waals surface area contributed by atoms with Crippen molar-refractivity contribution in [3.05, 3.63) is 70.8 Å². The molecule has 26 heavy (non-hydrogen) atoms. The minimum atomic E-state index is -1.40. The van der Waals surface area contributed by atoms with E-state index >= 15 is 0 Å². The maximum absolute atomic E-state index is 14.3. The Hall–Kier alpha value is -1.40. The molecule has 1 unspecified atom stereocenters. The first kappa shape index (κ1) is 19.4. The van der Waals surface area contributed by atoms with E-state index in [1.807, 2.05) is 62.4 Å². The Balaban J connectivity index is 1.52. The maximum atomic E-state index is 14.3. The van der Waals surface area contributed by atoms with Crippen LogP contribution in [0.15, 0.2) is 48.5 Å². The van der Waals surface area contributed by atoms with E-state index in [9.17, 15) is 9.50 Å². The van der Waals surface area contributed by atoms with Crippen LogP contribution in [0.25, 0.3) is 0 Å². The molecule has 4 atom stereocenters. The van der Waals surface area contributed by atoms with Crippen LogP contribution in [0.2, 0.25) is 0 Å². The standard InChI is InChI=1S/C21H25FO3S/c1-14-3-7-16(8-4-14)11-24-13-18-20(19(22)21(23)26-18)25-12-17-9-5-15(2)6-10-17/h3-10,18-21,23H,11-13H2,1-2H3/t18-,19-,20-,21?/m1/s1. The van der Waals surface area contributed by atoms with Crippen LogP contribution < -0.4 is 0 Å². The van der Waals surface area contributed by atoms with Gasteiger partial charge in [0.15, 0.2) is 6.17 Å². The highest BCUT2D eigenvalue weighted by molar-refractivity contribution is 8.00. The molecule has 5 heteroatoms. The molecular weight excluding hydrogens is 351 g/mol. The number of aliphatic hydroxyl groups is 1. The van der Waals surface area contributed by atoms with Crippen molar-refractivity contribution >= 4 is 11.8 Å². The lowest BCUT2D eigenvalue weighted by Gasteiger charge is -2.21. The highest BCUT2D eigenvalue weighted by Crippen LogP contribution is 2.37. The molecule has 0 aliphatic carbocycles. The molecule has 1 aliphatic heterocycles. The normalized spacial score (nSPS) is 25.5. The highest BCUT2D eigenvalue weighted by Gasteiger charge is 2.44. The third kappa shape index (κ3) is 5.07. The van der Waals surface area contributed by atoms with Crippen LogP contribution in [0, 0.1) is 13.8 Å². The topological polar surface area (TPSA) is 38.7 Å². The third-order valence-electron chi connectivity index (χ3n) is 4.50. The fourth-order valence-electron chi connectivity index (χ4n) is 2.89. The predicted octanol–water partition coefficient (Wildman–Crippen LogP) is 4.18. The Bertz CT molecular complexity index is 689. The van der Waals surface area contributed by atoms with Gasteiger partial charge >= 0.3 is 0 Å². The molecule has 0 spiro atoms. The summed E-state index contributed by atoms with van der Waals surface area (Å²) < 4.78 is 25.9. The van der Waals surface area contributed by atoms with Gasteiger partial charge in [0.1, 0.15) is 11.5 Å². The first-order valence-corrected chi connectivity index (χ1v) is 9.75. The summed E-state index contributed by atoms with van der Waals surface area (Å²) in [6.45, 7) is 5.20. The minimum absolute atomic E-state index is 0.226. The van der Waals surface area contributed by atoms with Gasteiger partial charge in [0, 0.05) is 0 Å². The Kier molecular flexibility index (Phi) is 6.70. The van der Waals surface area contributed by atoms with Crippen LogP contribution in [0.5, 0.6) is 0 Å². The SMILES string of the molecule is Cc1ccc(COC[C@H]2SC(O)[C@H](F)[C@@H]2OCc2ccc(C)cc2)cc1. The predicted molar refractivity (Wildman–Crippen MR) is 103 cm³/mol. The molecule has 3 rings (SSSR count). The van der Waals surface area contributed by atoms with Gasteiger partial charge in [-0.25, -0.2) is 4.39 Å². The number of ether oxygens (including phenoxy) is 2. The molecule has 140 valence electrons. The van der Waals surface area contributed by atoms with E-state index < -0.39 is 17.7 Å². The zero-order valence-electron chi connectivity index (χ0n) is 15.1. The summed E-state index contributed by atoms with van der Waals surface area (Å²) >= 11 is 1.19. The lowest BCUT2D eigenvalue weighted by Crippen LogP contribution is -2.34. The molecule has 3 nitrogen and oxygen atoms in total. The van der Waals surface area contributed by atoms with Crippen molar-refractivity contribution in [2.45, 2.75) is 50.0 Å². The first-order valence-electron chi connectivity index (χ1n) is 8.81. The van der Waals surface area contributed by atoms with Gasteiger partial charge in [-0.1, -0.05) is 59.7 Å². The van der Waals surface area contributed by atoms with E-state index in [2.05, 4.69) is 0 Å². The third-order valence-corrected chi connectivity index (χ3v) is 5.79. The lowest BCUT2D eigenvalue weighted by atomic mass is 10.1. The molecule has 1 aliphatic rings. The molecule has 1 fully saturated rings. The van der Waals surface area contributed by atoms with Gasteiger partial charge < -0.3 is 14.6 Å². The largest absolute Gasteiger partial charge is 0.379 e. The molecule has 2 aromatic carbocycles. The summed E-state index contributed by atoms with van der Waals surface area (Å²) in [6.07, 6.45) is -2.08. The van der Waals surface area contributed by atoms with Crippen molar-refractivity contribution in [1.29, 1.82) is 0 Å². The zero-order chi connectivity index (χ0) is 18.5. The Morgan fingerprint density at radius 2 is 1.46 bits per heavy atom. The van der Waals surface area contributed by atoms with Crippen molar-refractivity contribution in [2.75, 3.05) is 6.61 Å². The monoisotopic (exact) mass is 376 g/mol. The van der Waals surface area contributed by atoms with Crippen molar-refractivity contribution in [2.24, 2.45) is 0 Å². The highest BCUT2D eigenvalue weighted by atomic mass is 32.2. The zero-order valence-corrected chi connectivity index (χ0v) is 15.9. The molecule has 2 aromatic rings. The van der Waals surface area contributed by atoms with E-state index in [0.29, 0.717) is 19.8 Å². The molecule has 1 heterocycles. The summed E-state index contributed by atoms with van der Waals surface area (Å²) in [5, 5.41) is 9.65. The second-order valence-corrected chi connectivity index (χ2v) is 8.13. The lowest BCUT2D eigenvalue weighted by molar-refractivity contribution is -0.0386. The second-order valence-electron chi connectivity index (χ2n) is 6.77. The molecule has 1 N–H and O–H groups in total. The van der Waals surface area contributed by atoms with Gasteiger partial charge in [0.25, 0.3) is 0 Å². The molecule has 0 amide bonds. The van der Waals surface area contributed by atoms with Crippen molar-refractivity contribution in [3.8, 4) is 0 Å². The quantitative estimate of drug-likeness (QED) is 0.787. The number of benzene rings is 2. The number of aryl methyl sites for hydroxylation is 2. The number of thioether (sulfide) groups is 1. The number of rotatable bonds is 7. The van der Waals surface area contributed by atoms with Crippen LogP contribution in [0.1, 0.15) is 22.3 Å². The average Bonchev–Trinajstić information content (AvgIpc) is 2.90. The first-order chi connectivity index (χ1) is 12.5. The molecule has 1 saturated heterocycles. The summed E-state index contributed by atoms with van der Waals surface area (Å²) in [7, 11) is 0. The second kappa shape index (κ2) is 9.00. The van der Waals surface area contributed by atoms with E-state index in [1.54, 1.807) is 0 Å². The molecule has 0 aromatic heterocycles. The van der Waals surface area contributed by atoms with Crippen molar-refractivity contribution < 1.29 is 19.0 Å². The Morgan fingerprint density at radius 1 is 0.923 bits per heavy atom. The average molecular weight is 376 g/mol. The van der Waals surface area contributed by atoms with Crippen LogP contribution in [-0.2, 0) is 22.7 Å². The van der Waals surface area contributed by atoms with Gasteiger partial charge in [-0.3, -0.25) is 0 Å². The number of hydrogen-bond acceptors (Lipinski definition) is 4. The number of halogens is 1. The number of hydrogen-bond donors (Lipinski definition) is 1. The van der Waals surface area contributed by atoms with Gasteiger partial charge in [0.05, 0.1) is 25.1 Å². The summed E-state index contributed by atoms with van der Waals surface area (Å²) in [6, 6.07) is 16.1. The van der Waals surface area contributed by atoms with Crippen LogP contribution in [-0.4, -0.2) is 34.7 Å². The van der Waals surface area contributed by atoms with E-state index in [0.717, 1.165) is 11.1 Å². The summed E-state index contributed by atoms with van der Waals surface area (Å²) in [4.78, 5) is 0. The maximum Gasteiger partial charge on any atom is 0.162 e. The van der Waals surface area contributed by atoms with E-state index in [-0.39, 0.29) is 5.25 Å². The molecule has 0 radical (unpaired) electrons. The molecular formula is C21H25FO3S. The van der Waals surface area contributed by atoms with Crippen molar-refractivity contribution in [3.63, 3.8) is 0 Å². The van der Waals surface area contributed by atoms with Gasteiger partial charge in [-0.05, 0) is 25.0 Å².